The minimum absolute atomic E-state index is 0.0172. The fourth-order valence-corrected chi connectivity index (χ4v) is 5.52. The Kier molecular flexibility index (Phi) is 33.8. The Morgan fingerprint density at radius 1 is 0.623 bits per heavy atom. The van der Waals surface area contributed by atoms with E-state index in [1.54, 1.807) is 0 Å². The molecule has 4 N–H and O–H groups in total. The molecule has 0 aromatic heterocycles. The minimum Gasteiger partial charge on any atom is -0.480 e. The summed E-state index contributed by atoms with van der Waals surface area (Å²) in [5, 5.41) is 21.7. The van der Waals surface area contributed by atoms with Crippen molar-refractivity contribution in [3.8, 4) is 0 Å². The van der Waals surface area contributed by atoms with E-state index in [0.717, 1.165) is 51.4 Å². The van der Waals surface area contributed by atoms with Crippen LogP contribution in [-0.4, -0.2) is 64.9 Å². The quantitative estimate of drug-likeness (QED) is 0.0211. The van der Waals surface area contributed by atoms with Gasteiger partial charge in [-0.05, 0) is 51.4 Å². The second-order valence-corrected chi connectivity index (χ2v) is 14.2. The molecule has 0 fully saturated rings. The van der Waals surface area contributed by atoms with Crippen molar-refractivity contribution in [2.45, 2.75) is 148 Å². The molecule has 12 heteroatoms. The lowest BCUT2D eigenvalue weighted by Crippen LogP contribution is -2.43. The van der Waals surface area contributed by atoms with Crippen LogP contribution in [0.5, 0.6) is 0 Å². The van der Waals surface area contributed by atoms with Crippen molar-refractivity contribution >= 4 is 25.7 Å². The van der Waals surface area contributed by atoms with Crippen LogP contribution in [0, 0.1) is 0 Å². The summed E-state index contributed by atoms with van der Waals surface area (Å²) in [6, 6.07) is -1.59. The number of phosphoric acid groups is 1. The number of carboxylic acid groups (broad SMARTS) is 1. The highest BCUT2D eigenvalue weighted by molar-refractivity contribution is 7.47. The molecule has 0 rings (SSSR count). The van der Waals surface area contributed by atoms with E-state index in [-0.39, 0.29) is 12.8 Å². The summed E-state index contributed by atoms with van der Waals surface area (Å²) in [5.41, 5.74) is 0. The van der Waals surface area contributed by atoms with Gasteiger partial charge in [-0.25, -0.2) is 9.36 Å². The van der Waals surface area contributed by atoms with Crippen LogP contribution in [0.2, 0.25) is 0 Å². The van der Waals surface area contributed by atoms with Gasteiger partial charge in [0.1, 0.15) is 12.7 Å². The first-order chi connectivity index (χ1) is 25.6. The number of amides is 1. The molecule has 0 aliphatic heterocycles. The molecule has 302 valence electrons. The van der Waals surface area contributed by atoms with Crippen LogP contribution < -0.4 is 5.32 Å². The van der Waals surface area contributed by atoms with E-state index in [9.17, 15) is 34.1 Å². The predicted molar refractivity (Wildman–Crippen MR) is 212 cm³/mol. The zero-order valence-corrected chi connectivity index (χ0v) is 33.2. The third kappa shape index (κ3) is 35.7. The number of nitrogens with one attached hydrogen (secondary N) is 1. The van der Waals surface area contributed by atoms with Crippen molar-refractivity contribution in [1.82, 2.24) is 5.32 Å². The topological polar surface area (TPSA) is 169 Å². The summed E-state index contributed by atoms with van der Waals surface area (Å²) in [4.78, 5) is 45.6. The first kappa shape index (κ1) is 49.9. The van der Waals surface area contributed by atoms with Gasteiger partial charge in [0.15, 0.2) is 6.04 Å². The molecule has 0 heterocycles. The molecule has 53 heavy (non-hydrogen) atoms. The number of aliphatic hydroxyl groups excluding tert-OH is 1. The minimum atomic E-state index is -4.77. The Morgan fingerprint density at radius 3 is 1.57 bits per heavy atom. The second-order valence-electron chi connectivity index (χ2n) is 12.7. The Hall–Kier alpha value is -3.08. The number of ether oxygens (including phenoxy) is 1. The van der Waals surface area contributed by atoms with Crippen LogP contribution in [0.15, 0.2) is 72.9 Å². The Morgan fingerprint density at radius 2 is 1.08 bits per heavy atom. The zero-order valence-electron chi connectivity index (χ0n) is 32.3. The molecular weight excluding hydrogens is 697 g/mol. The number of phosphoric ester groups is 1. The molecule has 11 nitrogen and oxygen atoms in total. The maximum Gasteiger partial charge on any atom is 0.472 e. The molecule has 0 bridgehead atoms. The number of esters is 1. The van der Waals surface area contributed by atoms with Crippen molar-refractivity contribution in [1.29, 1.82) is 0 Å². The summed E-state index contributed by atoms with van der Waals surface area (Å²) in [6.45, 7) is 2.38. The monoisotopic (exact) mass is 765 g/mol. The van der Waals surface area contributed by atoms with Gasteiger partial charge in [0, 0.05) is 12.8 Å². The third-order valence-electron chi connectivity index (χ3n) is 7.77. The number of aliphatic carboxylic acids is 1. The van der Waals surface area contributed by atoms with Gasteiger partial charge < -0.3 is 25.2 Å². The van der Waals surface area contributed by atoms with Crippen LogP contribution >= 0.6 is 7.82 Å². The standard InChI is InChI=1S/C41H68NO10P/c1-3-5-7-9-11-13-15-16-17-18-19-20-21-22-23-24-26-28-30-32-39(44)42-38(41(46)47)36-52-53(48,49)51-35-37(43)34-50-40(45)33-31-29-27-25-14-12-10-8-6-4-2/h5,7,11,13,16-17,19-20,22-23,26,28,37-38,43H,3-4,6,8-10,12,14-15,18,21,24-25,27,29-36H2,1-2H3,(H,42,44)(H,46,47)(H,48,49)/b7-5-,13-11-,17-16-,20-19-,23-22-,28-26-. The molecule has 1 amide bonds. The largest absolute Gasteiger partial charge is 0.480 e. The van der Waals surface area contributed by atoms with Crippen molar-refractivity contribution < 1.29 is 47.8 Å². The van der Waals surface area contributed by atoms with Crippen LogP contribution in [0.4, 0.5) is 0 Å². The van der Waals surface area contributed by atoms with E-state index >= 15 is 0 Å². The highest BCUT2D eigenvalue weighted by Gasteiger charge is 2.28. The SMILES string of the molecule is CC/C=C\C/C=C\C/C=C\C/C=C\C/C=C\C/C=C\CCC(=O)NC(COP(=O)(O)OCC(O)COC(=O)CCCCCCCCCCCC)C(=O)O. The van der Waals surface area contributed by atoms with Crippen LogP contribution in [-0.2, 0) is 32.7 Å². The lowest BCUT2D eigenvalue weighted by atomic mass is 10.1. The third-order valence-corrected chi connectivity index (χ3v) is 8.72. The van der Waals surface area contributed by atoms with Gasteiger partial charge in [0.25, 0.3) is 0 Å². The first-order valence-corrected chi connectivity index (χ1v) is 21.0. The van der Waals surface area contributed by atoms with Crippen LogP contribution in [0.3, 0.4) is 0 Å². The van der Waals surface area contributed by atoms with E-state index in [1.165, 1.54) is 38.5 Å². The number of allylic oxidation sites excluding steroid dienone is 12. The maximum atomic E-state index is 12.2. The van der Waals surface area contributed by atoms with E-state index in [0.29, 0.717) is 19.3 Å². The molecule has 0 aromatic carbocycles. The van der Waals surface area contributed by atoms with Crippen LogP contribution in [0.1, 0.15) is 136 Å². The average molecular weight is 766 g/mol. The molecule has 0 radical (unpaired) electrons. The van der Waals surface area contributed by atoms with Gasteiger partial charge in [-0.3, -0.25) is 18.6 Å². The van der Waals surface area contributed by atoms with Gasteiger partial charge in [0.05, 0.1) is 13.2 Å². The molecule has 0 aliphatic rings. The van der Waals surface area contributed by atoms with E-state index < -0.39 is 57.6 Å². The van der Waals surface area contributed by atoms with Crippen LogP contribution in [0.25, 0.3) is 0 Å². The average Bonchev–Trinajstić information content (AvgIpc) is 3.13. The number of rotatable bonds is 35. The number of hydrogen-bond donors (Lipinski definition) is 4. The van der Waals surface area contributed by atoms with Gasteiger partial charge in [-0.1, -0.05) is 145 Å². The van der Waals surface area contributed by atoms with Crippen molar-refractivity contribution in [3.63, 3.8) is 0 Å². The molecule has 3 atom stereocenters. The highest BCUT2D eigenvalue weighted by Crippen LogP contribution is 2.43. The first-order valence-electron chi connectivity index (χ1n) is 19.5. The molecular formula is C41H68NO10P. The Bertz CT molecular complexity index is 1180. The summed E-state index contributed by atoms with van der Waals surface area (Å²) in [6.07, 6.45) is 41.0. The zero-order chi connectivity index (χ0) is 39.3. The number of carbonyl (C=O) groups excluding carboxylic acids is 2. The highest BCUT2D eigenvalue weighted by atomic mass is 31.2. The Labute approximate surface area is 319 Å². The lowest BCUT2D eigenvalue weighted by molar-refractivity contribution is -0.147. The maximum absolute atomic E-state index is 12.2. The van der Waals surface area contributed by atoms with Crippen molar-refractivity contribution in [2.75, 3.05) is 19.8 Å². The molecule has 0 saturated carbocycles. The molecule has 0 aliphatic carbocycles. The molecule has 0 spiro atoms. The predicted octanol–water partition coefficient (Wildman–Crippen LogP) is 9.38. The summed E-state index contributed by atoms with van der Waals surface area (Å²) in [5.74, 6) is -2.50. The fraction of sp³-hybridized carbons (Fsp3) is 0.634. The fourth-order valence-electron chi connectivity index (χ4n) is 4.75. The lowest BCUT2D eigenvalue weighted by Gasteiger charge is -2.18. The van der Waals surface area contributed by atoms with Gasteiger partial charge >= 0.3 is 19.8 Å². The molecule has 0 saturated heterocycles. The molecule has 3 unspecified atom stereocenters. The van der Waals surface area contributed by atoms with E-state index in [2.05, 4.69) is 73.8 Å². The van der Waals surface area contributed by atoms with E-state index in [4.69, 9.17) is 13.8 Å². The summed E-state index contributed by atoms with van der Waals surface area (Å²) < 4.78 is 26.7. The number of carbonyl (C=O) groups is 3. The second kappa shape index (κ2) is 35.9. The normalized spacial score (nSPS) is 14.6. The van der Waals surface area contributed by atoms with Crippen molar-refractivity contribution in [3.05, 3.63) is 72.9 Å². The number of aliphatic hydroxyl groups is 1. The van der Waals surface area contributed by atoms with Gasteiger partial charge in [0.2, 0.25) is 5.91 Å². The smallest absolute Gasteiger partial charge is 0.472 e. The van der Waals surface area contributed by atoms with Gasteiger partial charge in [-0.2, -0.15) is 0 Å². The number of carboxylic acids is 1. The number of unbranched alkanes of at least 4 members (excludes halogenated alkanes) is 9. The summed E-state index contributed by atoms with van der Waals surface area (Å²) >= 11 is 0. The summed E-state index contributed by atoms with van der Waals surface area (Å²) in [7, 11) is -4.77. The van der Waals surface area contributed by atoms with E-state index in [1.807, 2.05) is 18.2 Å². The molecule has 0 aromatic rings. The number of hydrogen-bond acceptors (Lipinski definition) is 8. The van der Waals surface area contributed by atoms with Crippen molar-refractivity contribution in [2.24, 2.45) is 0 Å². The Balaban J connectivity index is 4.11. The van der Waals surface area contributed by atoms with Gasteiger partial charge in [-0.15, -0.1) is 0 Å².